The van der Waals surface area contributed by atoms with E-state index >= 15 is 0 Å². The van der Waals surface area contributed by atoms with Gasteiger partial charge in [-0.15, -0.1) is 0 Å². The normalized spacial score (nSPS) is 44.0. The lowest BCUT2D eigenvalue weighted by Crippen LogP contribution is -2.60. The fourth-order valence-electron chi connectivity index (χ4n) is 3.09. The summed E-state index contributed by atoms with van der Waals surface area (Å²) in [6.45, 7) is 11.3. The Balaban J connectivity index is 0.000000336. The molecule has 0 aromatic rings. The van der Waals surface area contributed by atoms with Crippen molar-refractivity contribution in [2.75, 3.05) is 13.1 Å². The molecule has 1 heteroatoms. The molecule has 12 heavy (non-hydrogen) atoms. The van der Waals surface area contributed by atoms with Crippen LogP contribution < -0.4 is 5.32 Å². The van der Waals surface area contributed by atoms with Gasteiger partial charge in [-0.1, -0.05) is 34.1 Å². The van der Waals surface area contributed by atoms with E-state index in [4.69, 9.17) is 0 Å². The van der Waals surface area contributed by atoms with Gasteiger partial charge in [-0.2, -0.15) is 0 Å². The van der Waals surface area contributed by atoms with Gasteiger partial charge in [0.15, 0.2) is 0 Å². The minimum Gasteiger partial charge on any atom is -0.316 e. The van der Waals surface area contributed by atoms with Gasteiger partial charge >= 0.3 is 0 Å². The van der Waals surface area contributed by atoms with Crippen molar-refractivity contribution in [3.05, 3.63) is 0 Å². The molecule has 0 amide bonds. The molecule has 3 unspecified atom stereocenters. The lowest BCUT2D eigenvalue weighted by atomic mass is 9.51. The summed E-state index contributed by atoms with van der Waals surface area (Å²) in [6, 6.07) is 0. The highest BCUT2D eigenvalue weighted by molar-refractivity contribution is 5.03. The zero-order valence-electron chi connectivity index (χ0n) is 8.98. The molecule has 0 aromatic carbocycles. The van der Waals surface area contributed by atoms with E-state index < -0.39 is 0 Å². The van der Waals surface area contributed by atoms with Crippen LogP contribution in [0.5, 0.6) is 0 Å². The first-order valence-electron chi connectivity index (χ1n) is 5.47. The predicted molar refractivity (Wildman–Crippen MR) is 54.2 cm³/mol. The minimum absolute atomic E-state index is 0.678. The standard InChI is InChI=1S/C9H17N.C2H6/c1-3-8-7-4-9(8,2)6-10-5-7;1-2/h7-8,10H,3-6H2,1-2H3;1-2H3. The van der Waals surface area contributed by atoms with Crippen LogP contribution in [0.1, 0.15) is 40.5 Å². The van der Waals surface area contributed by atoms with E-state index in [1.807, 2.05) is 13.8 Å². The summed E-state index contributed by atoms with van der Waals surface area (Å²) in [5, 5.41) is 3.49. The number of hydrogen-bond acceptors (Lipinski definition) is 1. The summed E-state index contributed by atoms with van der Waals surface area (Å²) >= 11 is 0. The van der Waals surface area contributed by atoms with Crippen LogP contribution >= 0.6 is 0 Å². The number of rotatable bonds is 1. The van der Waals surface area contributed by atoms with E-state index in [-0.39, 0.29) is 0 Å². The molecule has 72 valence electrons. The second-order valence-electron chi connectivity index (χ2n) is 4.26. The molecule has 1 saturated carbocycles. The van der Waals surface area contributed by atoms with E-state index in [1.54, 1.807) is 0 Å². The fraction of sp³-hybridized carbons (Fsp3) is 1.00. The van der Waals surface area contributed by atoms with Crippen LogP contribution in [0.4, 0.5) is 0 Å². The summed E-state index contributed by atoms with van der Waals surface area (Å²) in [4.78, 5) is 0. The molecule has 3 atom stereocenters. The van der Waals surface area contributed by atoms with Crippen molar-refractivity contribution in [2.24, 2.45) is 17.3 Å². The Morgan fingerprint density at radius 3 is 2.42 bits per heavy atom. The van der Waals surface area contributed by atoms with Gasteiger partial charge in [0.2, 0.25) is 0 Å². The lowest BCUT2D eigenvalue weighted by Gasteiger charge is -2.58. The van der Waals surface area contributed by atoms with Crippen molar-refractivity contribution in [3.8, 4) is 0 Å². The monoisotopic (exact) mass is 169 g/mol. The summed E-state index contributed by atoms with van der Waals surface area (Å²) < 4.78 is 0. The Labute approximate surface area is 76.9 Å². The van der Waals surface area contributed by atoms with E-state index in [2.05, 4.69) is 19.2 Å². The number of hydrogen-bond donors (Lipinski definition) is 1. The molecule has 0 radical (unpaired) electrons. The SMILES string of the molecule is CC.CCC1C2CNCC1(C)C2. The molecule has 3 fully saturated rings. The van der Waals surface area contributed by atoms with Gasteiger partial charge in [0, 0.05) is 6.54 Å². The molecular formula is C11H23N. The van der Waals surface area contributed by atoms with Gasteiger partial charge in [0.1, 0.15) is 0 Å². The molecule has 1 N–H and O–H groups in total. The summed E-state index contributed by atoms with van der Waals surface area (Å²) in [6.07, 6.45) is 2.88. The van der Waals surface area contributed by atoms with Gasteiger partial charge in [-0.05, 0) is 30.2 Å². The van der Waals surface area contributed by atoms with Crippen molar-refractivity contribution < 1.29 is 0 Å². The van der Waals surface area contributed by atoms with Gasteiger partial charge in [-0.3, -0.25) is 0 Å². The van der Waals surface area contributed by atoms with E-state index in [0.29, 0.717) is 5.41 Å². The van der Waals surface area contributed by atoms with Gasteiger partial charge in [0.25, 0.3) is 0 Å². The zero-order valence-corrected chi connectivity index (χ0v) is 8.98. The third-order valence-corrected chi connectivity index (χ3v) is 3.57. The molecule has 1 aliphatic carbocycles. The van der Waals surface area contributed by atoms with Crippen LogP contribution in [0, 0.1) is 17.3 Å². The zero-order chi connectivity index (χ0) is 9.19. The van der Waals surface area contributed by atoms with Crippen molar-refractivity contribution in [2.45, 2.75) is 40.5 Å². The maximum Gasteiger partial charge on any atom is 0.000815 e. The van der Waals surface area contributed by atoms with Crippen LogP contribution in [0.2, 0.25) is 0 Å². The Kier molecular flexibility index (Phi) is 3.16. The van der Waals surface area contributed by atoms with Crippen molar-refractivity contribution in [1.82, 2.24) is 5.32 Å². The molecule has 2 aliphatic heterocycles. The molecule has 3 rings (SSSR count). The molecule has 2 heterocycles. The highest BCUT2D eigenvalue weighted by atomic mass is 14.9. The van der Waals surface area contributed by atoms with Crippen molar-refractivity contribution in [3.63, 3.8) is 0 Å². The summed E-state index contributed by atoms with van der Waals surface area (Å²) in [5.74, 6) is 2.05. The molecule has 0 spiro atoms. The van der Waals surface area contributed by atoms with Crippen LogP contribution in [-0.4, -0.2) is 13.1 Å². The molecule has 0 aromatic heterocycles. The third kappa shape index (κ3) is 1.39. The highest BCUT2D eigenvalue weighted by Crippen LogP contribution is 2.54. The third-order valence-electron chi connectivity index (χ3n) is 3.57. The first kappa shape index (κ1) is 10.0. The Morgan fingerprint density at radius 2 is 2.08 bits per heavy atom. The van der Waals surface area contributed by atoms with Crippen LogP contribution in [0.15, 0.2) is 0 Å². The first-order chi connectivity index (χ1) is 5.76. The molecule has 3 aliphatic rings. The number of nitrogens with one attached hydrogen (secondary N) is 1. The fourth-order valence-corrected chi connectivity index (χ4v) is 3.09. The second kappa shape index (κ2) is 3.78. The molecule has 1 nitrogen and oxygen atoms in total. The molecular weight excluding hydrogens is 146 g/mol. The van der Waals surface area contributed by atoms with Gasteiger partial charge in [0.05, 0.1) is 0 Å². The largest absolute Gasteiger partial charge is 0.316 e. The quantitative estimate of drug-likeness (QED) is 0.636. The van der Waals surface area contributed by atoms with E-state index in [0.717, 1.165) is 11.8 Å². The molecule has 2 saturated heterocycles. The van der Waals surface area contributed by atoms with Crippen LogP contribution in [0.25, 0.3) is 0 Å². The van der Waals surface area contributed by atoms with Gasteiger partial charge in [-0.25, -0.2) is 0 Å². The maximum atomic E-state index is 3.49. The second-order valence-corrected chi connectivity index (χ2v) is 4.26. The van der Waals surface area contributed by atoms with Crippen LogP contribution in [0.3, 0.4) is 0 Å². The Bertz CT molecular complexity index is 140. The van der Waals surface area contributed by atoms with Crippen molar-refractivity contribution in [1.29, 1.82) is 0 Å². The van der Waals surface area contributed by atoms with Crippen molar-refractivity contribution >= 4 is 0 Å². The number of piperidine rings is 2. The predicted octanol–water partition coefficient (Wildman–Crippen LogP) is 2.67. The summed E-state index contributed by atoms with van der Waals surface area (Å²) in [7, 11) is 0. The average molecular weight is 169 g/mol. The van der Waals surface area contributed by atoms with E-state index in [9.17, 15) is 0 Å². The topological polar surface area (TPSA) is 12.0 Å². The minimum atomic E-state index is 0.678. The van der Waals surface area contributed by atoms with Crippen LogP contribution in [-0.2, 0) is 0 Å². The Morgan fingerprint density at radius 1 is 1.42 bits per heavy atom. The number of fused-ring (bicyclic) bond motifs is 2. The maximum absolute atomic E-state index is 3.49. The first-order valence-corrected chi connectivity index (χ1v) is 5.47. The Hall–Kier alpha value is -0.0400. The smallest absolute Gasteiger partial charge is 0.000815 e. The van der Waals surface area contributed by atoms with Gasteiger partial charge < -0.3 is 5.32 Å². The average Bonchev–Trinajstić information content (AvgIpc) is 2.08. The molecule has 2 bridgehead atoms. The lowest BCUT2D eigenvalue weighted by molar-refractivity contribution is -0.0615. The van der Waals surface area contributed by atoms with E-state index in [1.165, 1.54) is 25.9 Å². The summed E-state index contributed by atoms with van der Waals surface area (Å²) in [5.41, 5.74) is 0.678. The highest BCUT2D eigenvalue weighted by Gasteiger charge is 2.51.